The topological polar surface area (TPSA) is 116 Å². The number of primary sulfonamides is 1. The first-order valence-electron chi connectivity index (χ1n) is 6.27. The van der Waals surface area contributed by atoms with Crippen molar-refractivity contribution in [3.05, 3.63) is 23.8 Å². The van der Waals surface area contributed by atoms with Gasteiger partial charge in [-0.2, -0.15) is 0 Å². The molecule has 0 amide bonds. The zero-order valence-corrected chi connectivity index (χ0v) is 13.8. The molecular weight excluding hydrogens is 316 g/mol. The summed E-state index contributed by atoms with van der Waals surface area (Å²) in [6.07, 6.45) is -0.0624. The minimum Gasteiger partial charge on any atom is -0.378 e. The normalized spacial score (nSPS) is 12.6. The fourth-order valence-corrected chi connectivity index (χ4v) is 3.42. The van der Waals surface area contributed by atoms with E-state index in [-0.39, 0.29) is 34.6 Å². The number of anilines is 1. The van der Waals surface area contributed by atoms with Gasteiger partial charge in [0, 0.05) is 0 Å². The highest BCUT2D eigenvalue weighted by atomic mass is 32.2. The van der Waals surface area contributed by atoms with Crippen molar-refractivity contribution in [1.82, 2.24) is 0 Å². The number of rotatable bonds is 7. The van der Waals surface area contributed by atoms with Crippen molar-refractivity contribution < 1.29 is 21.6 Å². The summed E-state index contributed by atoms with van der Waals surface area (Å²) in [7, 11) is -7.52. The lowest BCUT2D eigenvalue weighted by Crippen LogP contribution is -2.22. The molecule has 9 heteroatoms. The molecule has 1 aromatic carbocycles. The maximum absolute atomic E-state index is 11.9. The molecule has 0 saturated heterocycles. The maximum Gasteiger partial charge on any atom is 0.238 e. The molecule has 1 aromatic rings. The molecule has 0 heterocycles. The van der Waals surface area contributed by atoms with Gasteiger partial charge in [0.25, 0.3) is 0 Å². The molecule has 0 spiro atoms. The van der Waals surface area contributed by atoms with Crippen molar-refractivity contribution in [1.29, 1.82) is 0 Å². The highest BCUT2D eigenvalue weighted by molar-refractivity contribution is 7.92. The SMILES string of the molecule is Cc1c(NS(=O)(=O)CCOC(C)C)cccc1S(N)(=O)=O. The molecule has 120 valence electrons. The summed E-state index contributed by atoms with van der Waals surface area (Å²) in [6, 6.07) is 4.23. The van der Waals surface area contributed by atoms with Crippen molar-refractivity contribution in [3.8, 4) is 0 Å². The van der Waals surface area contributed by atoms with E-state index in [2.05, 4.69) is 4.72 Å². The van der Waals surface area contributed by atoms with Crippen molar-refractivity contribution in [3.63, 3.8) is 0 Å². The molecule has 0 bridgehead atoms. The molecule has 21 heavy (non-hydrogen) atoms. The van der Waals surface area contributed by atoms with Crippen LogP contribution in [0.5, 0.6) is 0 Å². The van der Waals surface area contributed by atoms with Crippen LogP contribution in [-0.2, 0) is 24.8 Å². The summed E-state index contributed by atoms with van der Waals surface area (Å²) in [4.78, 5) is -0.110. The molecule has 0 atom stereocenters. The number of nitrogens with two attached hydrogens (primary N) is 1. The minimum absolute atomic E-state index is 0.0565. The Morgan fingerprint density at radius 2 is 1.86 bits per heavy atom. The summed E-state index contributed by atoms with van der Waals surface area (Å²) in [5.74, 6) is -0.218. The average Bonchev–Trinajstić information content (AvgIpc) is 2.29. The highest BCUT2D eigenvalue weighted by Crippen LogP contribution is 2.22. The number of ether oxygens (including phenoxy) is 1. The summed E-state index contributed by atoms with van der Waals surface area (Å²) in [5.41, 5.74) is 0.444. The summed E-state index contributed by atoms with van der Waals surface area (Å²) < 4.78 is 54.2. The van der Waals surface area contributed by atoms with Crippen LogP contribution in [0, 0.1) is 6.92 Å². The second-order valence-corrected chi connectivity index (χ2v) is 8.19. The Morgan fingerprint density at radius 1 is 1.24 bits per heavy atom. The van der Waals surface area contributed by atoms with E-state index in [1.54, 1.807) is 13.8 Å². The monoisotopic (exact) mass is 336 g/mol. The quantitative estimate of drug-likeness (QED) is 0.764. The number of sulfonamides is 2. The van der Waals surface area contributed by atoms with Gasteiger partial charge in [0.15, 0.2) is 0 Å². The molecular formula is C12H20N2O5S2. The standard InChI is InChI=1S/C12H20N2O5S2/c1-9(2)19-7-8-20(15,16)14-11-5-4-6-12(10(11)3)21(13,17)18/h4-6,9,14H,7-8H2,1-3H3,(H2,13,17,18). The Kier molecular flexibility index (Phi) is 5.74. The van der Waals surface area contributed by atoms with Gasteiger partial charge in [-0.05, 0) is 38.5 Å². The maximum atomic E-state index is 11.9. The Balaban J connectivity index is 2.93. The van der Waals surface area contributed by atoms with Crippen LogP contribution in [0.3, 0.4) is 0 Å². The van der Waals surface area contributed by atoms with Gasteiger partial charge < -0.3 is 4.74 Å². The van der Waals surface area contributed by atoms with E-state index in [1.807, 2.05) is 0 Å². The van der Waals surface area contributed by atoms with Gasteiger partial charge in [-0.3, -0.25) is 4.72 Å². The van der Waals surface area contributed by atoms with Crippen molar-refractivity contribution in [2.45, 2.75) is 31.8 Å². The molecule has 0 aliphatic rings. The minimum atomic E-state index is -3.90. The zero-order chi connectivity index (χ0) is 16.3. The fraction of sp³-hybridized carbons (Fsp3) is 0.500. The Bertz CT molecular complexity index is 696. The van der Waals surface area contributed by atoms with E-state index in [4.69, 9.17) is 9.88 Å². The number of hydrogen-bond donors (Lipinski definition) is 2. The van der Waals surface area contributed by atoms with Crippen LogP contribution in [0.15, 0.2) is 23.1 Å². The second kappa shape index (κ2) is 6.73. The smallest absolute Gasteiger partial charge is 0.238 e. The first kappa shape index (κ1) is 17.9. The average molecular weight is 336 g/mol. The molecule has 7 nitrogen and oxygen atoms in total. The van der Waals surface area contributed by atoms with Crippen LogP contribution in [0.2, 0.25) is 0 Å². The van der Waals surface area contributed by atoms with E-state index in [0.29, 0.717) is 0 Å². The molecule has 0 aliphatic carbocycles. The van der Waals surface area contributed by atoms with E-state index in [1.165, 1.54) is 25.1 Å². The first-order valence-corrected chi connectivity index (χ1v) is 9.47. The van der Waals surface area contributed by atoms with E-state index in [9.17, 15) is 16.8 Å². The van der Waals surface area contributed by atoms with Crippen LogP contribution in [-0.4, -0.2) is 35.3 Å². The van der Waals surface area contributed by atoms with Gasteiger partial charge in [0.1, 0.15) is 0 Å². The van der Waals surface area contributed by atoms with Gasteiger partial charge in [0.05, 0.1) is 29.0 Å². The Hall–Kier alpha value is -1.16. The molecule has 0 radical (unpaired) electrons. The van der Waals surface area contributed by atoms with Gasteiger partial charge in [-0.1, -0.05) is 6.07 Å². The molecule has 0 unspecified atom stereocenters. The summed E-state index contributed by atoms with van der Waals surface area (Å²) in [5, 5.41) is 5.08. The molecule has 0 fully saturated rings. The first-order chi connectivity index (χ1) is 9.53. The van der Waals surface area contributed by atoms with Gasteiger partial charge in [-0.15, -0.1) is 0 Å². The third-order valence-electron chi connectivity index (χ3n) is 2.66. The number of benzene rings is 1. The summed E-state index contributed by atoms with van der Waals surface area (Å²) in [6.45, 7) is 5.16. The van der Waals surface area contributed by atoms with Crippen LogP contribution >= 0.6 is 0 Å². The third-order valence-corrected chi connectivity index (χ3v) is 4.95. The van der Waals surface area contributed by atoms with Crippen LogP contribution in [0.25, 0.3) is 0 Å². The largest absolute Gasteiger partial charge is 0.378 e. The lowest BCUT2D eigenvalue weighted by Gasteiger charge is -2.13. The molecule has 0 saturated carbocycles. The predicted octanol–water partition coefficient (Wildman–Crippen LogP) is 0.809. The number of hydrogen-bond acceptors (Lipinski definition) is 5. The van der Waals surface area contributed by atoms with Crippen molar-refractivity contribution in [2.24, 2.45) is 5.14 Å². The molecule has 1 rings (SSSR count). The molecule has 3 N–H and O–H groups in total. The van der Waals surface area contributed by atoms with E-state index < -0.39 is 20.0 Å². The lowest BCUT2D eigenvalue weighted by molar-refractivity contribution is 0.0913. The fourth-order valence-electron chi connectivity index (χ4n) is 1.65. The van der Waals surface area contributed by atoms with E-state index in [0.717, 1.165) is 0 Å². The van der Waals surface area contributed by atoms with Gasteiger partial charge >= 0.3 is 0 Å². The van der Waals surface area contributed by atoms with Crippen LogP contribution in [0.1, 0.15) is 19.4 Å². The summed E-state index contributed by atoms with van der Waals surface area (Å²) >= 11 is 0. The molecule has 0 aliphatic heterocycles. The van der Waals surface area contributed by atoms with Crippen LogP contribution in [0.4, 0.5) is 5.69 Å². The lowest BCUT2D eigenvalue weighted by atomic mass is 10.2. The second-order valence-electron chi connectivity index (χ2n) is 4.81. The Morgan fingerprint density at radius 3 is 2.38 bits per heavy atom. The van der Waals surface area contributed by atoms with Crippen molar-refractivity contribution >= 4 is 25.7 Å². The Labute approximate surface area is 125 Å². The van der Waals surface area contributed by atoms with Crippen LogP contribution < -0.4 is 9.86 Å². The van der Waals surface area contributed by atoms with Crippen molar-refractivity contribution in [2.75, 3.05) is 17.1 Å². The highest BCUT2D eigenvalue weighted by Gasteiger charge is 2.17. The third kappa shape index (κ3) is 5.62. The van der Waals surface area contributed by atoms with Gasteiger partial charge in [0.2, 0.25) is 20.0 Å². The van der Waals surface area contributed by atoms with Gasteiger partial charge in [-0.25, -0.2) is 22.0 Å². The number of nitrogens with one attached hydrogen (secondary N) is 1. The van der Waals surface area contributed by atoms with E-state index >= 15 is 0 Å². The molecule has 0 aromatic heterocycles. The predicted molar refractivity (Wildman–Crippen MR) is 81.0 cm³/mol. The zero-order valence-electron chi connectivity index (χ0n) is 12.2.